The number of allylic oxidation sites excluding steroid dienone is 3. The van der Waals surface area contributed by atoms with Crippen molar-refractivity contribution in [2.45, 2.75) is 57.2 Å². The molecule has 4 nitrogen and oxygen atoms in total. The highest BCUT2D eigenvalue weighted by atomic mass is 16.3. The van der Waals surface area contributed by atoms with Crippen LogP contribution in [0.15, 0.2) is 34.9 Å². The van der Waals surface area contributed by atoms with Crippen molar-refractivity contribution in [3.63, 3.8) is 0 Å². The van der Waals surface area contributed by atoms with E-state index in [0.717, 1.165) is 17.6 Å². The molecule has 126 valence electrons. The van der Waals surface area contributed by atoms with Crippen molar-refractivity contribution in [2.24, 2.45) is 17.3 Å². The number of rotatable bonds is 1. The van der Waals surface area contributed by atoms with Gasteiger partial charge in [0.15, 0.2) is 5.78 Å². The number of aliphatic hydroxyl groups excluding tert-OH is 1. The first kappa shape index (κ1) is 15.8. The molecule has 0 aliphatic heterocycles. The van der Waals surface area contributed by atoms with Gasteiger partial charge in [-0.25, -0.2) is 0 Å². The zero-order valence-electron chi connectivity index (χ0n) is 14.0. The second-order valence-corrected chi connectivity index (χ2v) is 7.99. The van der Waals surface area contributed by atoms with Gasteiger partial charge in [0.05, 0.1) is 24.2 Å². The van der Waals surface area contributed by atoms with Crippen LogP contribution in [0.1, 0.15) is 45.4 Å². The summed E-state index contributed by atoms with van der Waals surface area (Å²) in [6, 6.07) is 2.15. The molecule has 1 saturated carbocycles. The number of carbonyl (C=O) groups excluding carboxylic acids is 1. The molecule has 0 spiro atoms. The minimum atomic E-state index is -0.983. The third-order valence-electron chi connectivity index (χ3n) is 6.98. The maximum atomic E-state index is 11.7. The van der Waals surface area contributed by atoms with Gasteiger partial charge in [-0.3, -0.25) is 4.79 Å². The first-order chi connectivity index (χ1) is 11.4. The lowest BCUT2D eigenvalue weighted by molar-refractivity contribution is -0.114. The lowest BCUT2D eigenvalue weighted by atomic mass is 9.57. The summed E-state index contributed by atoms with van der Waals surface area (Å²) >= 11 is 0. The molecule has 0 saturated heterocycles. The molecule has 4 aliphatic rings. The number of nitrogens with zero attached hydrogens (tertiary/aromatic N) is 1. The molecular formula is C20H23NO3. The molecule has 0 heterocycles. The molecule has 0 amide bonds. The van der Waals surface area contributed by atoms with Gasteiger partial charge in [-0.1, -0.05) is 19.1 Å². The summed E-state index contributed by atoms with van der Waals surface area (Å²) < 4.78 is 0. The second kappa shape index (κ2) is 5.15. The van der Waals surface area contributed by atoms with E-state index in [1.807, 2.05) is 0 Å². The summed E-state index contributed by atoms with van der Waals surface area (Å²) in [5.41, 5.74) is 1.76. The summed E-state index contributed by atoms with van der Waals surface area (Å²) in [6.45, 7) is 2.06. The SMILES string of the molecule is C[C@]12C=CC3=C4CCC(=O)C=C4C(O)C[C@H]3[C@@H]1CC[C@@]2(O)CC#N. The fourth-order valence-corrected chi connectivity index (χ4v) is 5.54. The molecular weight excluding hydrogens is 302 g/mol. The summed E-state index contributed by atoms with van der Waals surface area (Å²) in [6.07, 6.45) is 8.66. The fourth-order valence-electron chi connectivity index (χ4n) is 5.54. The third-order valence-corrected chi connectivity index (χ3v) is 6.98. The van der Waals surface area contributed by atoms with E-state index >= 15 is 0 Å². The number of hydrogen-bond donors (Lipinski definition) is 2. The minimum absolute atomic E-state index is 0.0979. The number of ketones is 1. The van der Waals surface area contributed by atoms with Crippen LogP contribution >= 0.6 is 0 Å². The van der Waals surface area contributed by atoms with E-state index in [0.29, 0.717) is 25.7 Å². The van der Waals surface area contributed by atoms with Crippen molar-refractivity contribution in [1.29, 1.82) is 5.26 Å². The highest BCUT2D eigenvalue weighted by molar-refractivity contribution is 5.93. The Bertz CT molecular complexity index is 740. The quantitative estimate of drug-likeness (QED) is 0.776. The first-order valence-electron chi connectivity index (χ1n) is 8.84. The first-order valence-corrected chi connectivity index (χ1v) is 8.84. The summed E-state index contributed by atoms with van der Waals surface area (Å²) in [5, 5.41) is 30.8. The summed E-state index contributed by atoms with van der Waals surface area (Å²) in [5.74, 6) is 0.529. The standard InChI is InChI=1S/C20H23NO3/c1-19-6-4-14-13-3-2-12(22)10-16(13)18(23)11-15(14)17(19)5-7-20(19,24)8-9-21/h4,6,10,15,17-18,23-24H,2-3,5,7-8,11H2,1H3/t15-,17+,18?,19+,20-/m1/s1. The van der Waals surface area contributed by atoms with E-state index in [1.54, 1.807) is 6.08 Å². The second-order valence-electron chi connectivity index (χ2n) is 7.99. The zero-order chi connectivity index (χ0) is 17.1. The molecule has 0 aromatic carbocycles. The molecule has 4 aliphatic carbocycles. The van der Waals surface area contributed by atoms with E-state index in [1.165, 1.54) is 5.57 Å². The Labute approximate surface area is 142 Å². The van der Waals surface area contributed by atoms with Crippen molar-refractivity contribution in [3.8, 4) is 6.07 Å². The van der Waals surface area contributed by atoms with Crippen LogP contribution in [0.25, 0.3) is 0 Å². The monoisotopic (exact) mass is 325 g/mol. The number of hydrogen-bond acceptors (Lipinski definition) is 4. The van der Waals surface area contributed by atoms with Gasteiger partial charge in [0.2, 0.25) is 0 Å². The number of carbonyl (C=O) groups is 1. The molecule has 0 bridgehead atoms. The Hall–Kier alpha value is -1.70. The topological polar surface area (TPSA) is 81.3 Å². The van der Waals surface area contributed by atoms with Gasteiger partial charge >= 0.3 is 0 Å². The highest BCUT2D eigenvalue weighted by Crippen LogP contribution is 2.61. The van der Waals surface area contributed by atoms with Crippen molar-refractivity contribution in [1.82, 2.24) is 0 Å². The molecule has 1 fully saturated rings. The number of nitriles is 1. The third kappa shape index (κ3) is 1.95. The van der Waals surface area contributed by atoms with E-state index in [-0.39, 0.29) is 24.0 Å². The average Bonchev–Trinajstić information content (AvgIpc) is 2.80. The van der Waals surface area contributed by atoms with Gasteiger partial charge in [-0.05, 0) is 60.3 Å². The maximum Gasteiger partial charge on any atom is 0.156 e. The largest absolute Gasteiger partial charge is 0.388 e. The Balaban J connectivity index is 1.82. The van der Waals surface area contributed by atoms with Crippen LogP contribution in [-0.2, 0) is 4.79 Å². The van der Waals surface area contributed by atoms with E-state index < -0.39 is 17.1 Å². The normalized spacial score (nSPS) is 43.7. The molecule has 4 rings (SSSR count). The molecule has 0 aromatic rings. The molecule has 2 N–H and O–H groups in total. The van der Waals surface area contributed by atoms with Gasteiger partial charge in [0.25, 0.3) is 0 Å². The molecule has 0 radical (unpaired) electrons. The number of aliphatic hydroxyl groups is 2. The molecule has 24 heavy (non-hydrogen) atoms. The molecule has 4 heteroatoms. The highest BCUT2D eigenvalue weighted by Gasteiger charge is 2.59. The number of fused-ring (bicyclic) bond motifs is 4. The smallest absolute Gasteiger partial charge is 0.156 e. The van der Waals surface area contributed by atoms with Crippen molar-refractivity contribution in [2.75, 3.05) is 0 Å². The fraction of sp³-hybridized carbons (Fsp3) is 0.600. The zero-order valence-corrected chi connectivity index (χ0v) is 14.0. The van der Waals surface area contributed by atoms with Crippen LogP contribution in [0, 0.1) is 28.6 Å². The predicted molar refractivity (Wildman–Crippen MR) is 88.6 cm³/mol. The molecule has 5 atom stereocenters. The Morgan fingerprint density at radius 3 is 2.96 bits per heavy atom. The average molecular weight is 325 g/mol. The van der Waals surface area contributed by atoms with Crippen molar-refractivity contribution in [3.05, 3.63) is 34.9 Å². The molecule has 1 unspecified atom stereocenters. The minimum Gasteiger partial charge on any atom is -0.388 e. The lowest BCUT2D eigenvalue weighted by Gasteiger charge is -2.48. The lowest BCUT2D eigenvalue weighted by Crippen LogP contribution is -2.48. The van der Waals surface area contributed by atoms with E-state index in [4.69, 9.17) is 5.26 Å². The van der Waals surface area contributed by atoms with Crippen molar-refractivity contribution >= 4 is 5.78 Å². The van der Waals surface area contributed by atoms with Gasteiger partial charge in [0, 0.05) is 11.8 Å². The summed E-state index contributed by atoms with van der Waals surface area (Å²) in [7, 11) is 0. The van der Waals surface area contributed by atoms with Crippen molar-refractivity contribution < 1.29 is 15.0 Å². The van der Waals surface area contributed by atoms with Crippen LogP contribution in [0.2, 0.25) is 0 Å². The maximum absolute atomic E-state index is 11.7. The van der Waals surface area contributed by atoms with E-state index in [2.05, 4.69) is 25.1 Å². The molecule has 0 aromatic heterocycles. The van der Waals surface area contributed by atoms with Crippen LogP contribution < -0.4 is 0 Å². The van der Waals surface area contributed by atoms with Crippen LogP contribution in [-0.4, -0.2) is 27.7 Å². The van der Waals surface area contributed by atoms with Gasteiger partial charge in [0.1, 0.15) is 0 Å². The van der Waals surface area contributed by atoms with E-state index in [9.17, 15) is 15.0 Å². The predicted octanol–water partition coefficient (Wildman–Crippen LogP) is 2.58. The summed E-state index contributed by atoms with van der Waals surface area (Å²) in [4.78, 5) is 11.7. The Kier molecular flexibility index (Phi) is 3.39. The van der Waals surface area contributed by atoms with Gasteiger partial charge < -0.3 is 10.2 Å². The van der Waals surface area contributed by atoms with Crippen LogP contribution in [0.4, 0.5) is 0 Å². The Morgan fingerprint density at radius 1 is 1.42 bits per heavy atom. The van der Waals surface area contributed by atoms with Gasteiger partial charge in [-0.15, -0.1) is 0 Å². The van der Waals surface area contributed by atoms with Crippen LogP contribution in [0.3, 0.4) is 0 Å². The Morgan fingerprint density at radius 2 is 2.21 bits per heavy atom. The van der Waals surface area contributed by atoms with Crippen LogP contribution in [0.5, 0.6) is 0 Å². The van der Waals surface area contributed by atoms with Gasteiger partial charge in [-0.2, -0.15) is 5.26 Å².